The van der Waals surface area contributed by atoms with Crippen molar-refractivity contribution in [3.63, 3.8) is 0 Å². The zero-order valence-corrected chi connectivity index (χ0v) is 7.84. The van der Waals surface area contributed by atoms with E-state index in [2.05, 4.69) is 4.74 Å². The van der Waals surface area contributed by atoms with Gasteiger partial charge < -0.3 is 14.6 Å². The minimum atomic E-state index is -1.03. The van der Waals surface area contributed by atoms with Gasteiger partial charge in [0.2, 0.25) is 0 Å². The number of hydrogen-bond donors (Lipinski definition) is 0. The Hall–Kier alpha value is 1.07. The number of rotatable bonds is 2. The van der Waals surface area contributed by atoms with Crippen molar-refractivity contribution in [2.24, 2.45) is 0 Å². The van der Waals surface area contributed by atoms with Crippen molar-refractivity contribution < 1.29 is 66.0 Å². The van der Waals surface area contributed by atoms with Crippen LogP contribution in [-0.2, 0) is 9.53 Å². The van der Waals surface area contributed by atoms with Gasteiger partial charge in [-0.2, -0.15) is 0 Å². The number of carboxylic acid groups (broad SMARTS) is 1. The van der Waals surface area contributed by atoms with Crippen molar-refractivity contribution in [3.8, 4) is 0 Å². The molecule has 0 aromatic rings. The predicted octanol–water partition coefficient (Wildman–Crippen LogP) is -4.47. The molecule has 1 atom stereocenters. The van der Waals surface area contributed by atoms with Crippen LogP contribution in [0.25, 0.3) is 0 Å². The topological polar surface area (TPSA) is 52.7 Å². The number of epoxide rings is 1. The number of carbonyl (C=O) groups is 1. The van der Waals surface area contributed by atoms with Gasteiger partial charge in [-0.1, -0.05) is 0 Å². The Bertz CT molecular complexity index is 89.3. The third-order valence-corrected chi connectivity index (χ3v) is 0.797. The van der Waals surface area contributed by atoms with E-state index >= 15 is 0 Å². The minimum Gasteiger partial charge on any atom is -0.550 e. The largest absolute Gasteiger partial charge is 1.00 e. The molecule has 1 fully saturated rings. The van der Waals surface area contributed by atoms with Gasteiger partial charge >= 0.3 is 51.4 Å². The zero-order chi connectivity index (χ0) is 5.28. The number of aliphatic carboxylic acids is 1. The molecule has 1 unspecified atom stereocenters. The van der Waals surface area contributed by atoms with Gasteiger partial charge in [-0.25, -0.2) is 0 Å². The van der Waals surface area contributed by atoms with E-state index in [4.69, 9.17) is 0 Å². The van der Waals surface area contributed by atoms with E-state index in [1.54, 1.807) is 0 Å². The van der Waals surface area contributed by atoms with E-state index in [9.17, 15) is 9.90 Å². The summed E-state index contributed by atoms with van der Waals surface area (Å²) >= 11 is 0. The van der Waals surface area contributed by atoms with Crippen LogP contribution in [0.4, 0.5) is 0 Å². The first kappa shape index (κ1) is 9.07. The fourth-order valence-electron chi connectivity index (χ4n) is 0.372. The van der Waals surface area contributed by atoms with Gasteiger partial charge in [-0.3, -0.25) is 0 Å². The standard InChI is InChI=1S/C4H6O3.K/c5-4(6)1-3-2-7-3;/h3H,1-2H2,(H,5,6);/q;+1/p-1. The summed E-state index contributed by atoms with van der Waals surface area (Å²) in [6, 6.07) is 0. The smallest absolute Gasteiger partial charge is 0.550 e. The van der Waals surface area contributed by atoms with Gasteiger partial charge in [0.05, 0.1) is 12.7 Å². The molecule has 0 aromatic heterocycles. The summed E-state index contributed by atoms with van der Waals surface area (Å²) in [7, 11) is 0. The van der Waals surface area contributed by atoms with Crippen LogP contribution in [0.5, 0.6) is 0 Å². The second-order valence-electron chi connectivity index (χ2n) is 1.53. The first-order valence-corrected chi connectivity index (χ1v) is 2.10. The third-order valence-electron chi connectivity index (χ3n) is 0.797. The fourth-order valence-corrected chi connectivity index (χ4v) is 0.372. The molecule has 40 valence electrons. The summed E-state index contributed by atoms with van der Waals surface area (Å²) in [6.45, 7) is 0.591. The summed E-state index contributed by atoms with van der Waals surface area (Å²) in [6.07, 6.45) is 0.0185. The molecule has 1 rings (SSSR count). The van der Waals surface area contributed by atoms with E-state index in [-0.39, 0.29) is 63.9 Å². The van der Waals surface area contributed by atoms with Crippen LogP contribution < -0.4 is 56.5 Å². The average molecular weight is 140 g/mol. The predicted molar refractivity (Wildman–Crippen MR) is 19.4 cm³/mol. The van der Waals surface area contributed by atoms with E-state index < -0.39 is 5.97 Å². The Balaban J connectivity index is 0.000000490. The Labute approximate surface area is 89.8 Å². The van der Waals surface area contributed by atoms with E-state index in [0.29, 0.717) is 6.61 Å². The molecule has 1 aliphatic rings. The van der Waals surface area contributed by atoms with Crippen molar-refractivity contribution in [2.75, 3.05) is 6.61 Å². The van der Waals surface area contributed by atoms with Crippen molar-refractivity contribution >= 4 is 5.97 Å². The molecule has 0 bridgehead atoms. The quantitative estimate of drug-likeness (QED) is 0.287. The van der Waals surface area contributed by atoms with E-state index in [1.165, 1.54) is 0 Å². The number of carbonyl (C=O) groups excluding carboxylic acids is 1. The number of hydrogen-bond acceptors (Lipinski definition) is 3. The van der Waals surface area contributed by atoms with Crippen LogP contribution >= 0.6 is 0 Å². The minimum absolute atomic E-state index is 0. The summed E-state index contributed by atoms with van der Waals surface area (Å²) < 4.78 is 4.60. The van der Waals surface area contributed by atoms with E-state index in [0.717, 1.165) is 0 Å². The molecule has 1 heterocycles. The van der Waals surface area contributed by atoms with Gasteiger partial charge in [0.1, 0.15) is 0 Å². The molecule has 1 aliphatic heterocycles. The Morgan fingerprint density at radius 3 is 2.50 bits per heavy atom. The summed E-state index contributed by atoms with van der Waals surface area (Å²) in [5.74, 6) is -1.03. The molecule has 1 saturated heterocycles. The van der Waals surface area contributed by atoms with Crippen LogP contribution in [0.1, 0.15) is 6.42 Å². The van der Waals surface area contributed by atoms with Crippen LogP contribution in [-0.4, -0.2) is 18.7 Å². The van der Waals surface area contributed by atoms with Gasteiger partial charge in [0.25, 0.3) is 0 Å². The monoisotopic (exact) mass is 140 g/mol. The SMILES string of the molecule is O=C([O-])CC1CO1.[K+]. The second-order valence-corrected chi connectivity index (χ2v) is 1.53. The number of carboxylic acids is 1. The molecule has 0 spiro atoms. The van der Waals surface area contributed by atoms with E-state index in [1.807, 2.05) is 0 Å². The molecular formula is C4H5KO3. The van der Waals surface area contributed by atoms with Gasteiger partial charge in [0, 0.05) is 12.4 Å². The molecule has 0 aromatic carbocycles. The van der Waals surface area contributed by atoms with Crippen LogP contribution in [0.3, 0.4) is 0 Å². The number of ether oxygens (including phenoxy) is 1. The zero-order valence-electron chi connectivity index (χ0n) is 4.72. The maximum atomic E-state index is 9.66. The van der Waals surface area contributed by atoms with Crippen LogP contribution in [0, 0.1) is 0 Å². The van der Waals surface area contributed by atoms with Crippen LogP contribution in [0.15, 0.2) is 0 Å². The van der Waals surface area contributed by atoms with Crippen molar-refractivity contribution in [1.82, 2.24) is 0 Å². The molecule has 0 radical (unpaired) electrons. The van der Waals surface area contributed by atoms with Gasteiger partial charge in [0.15, 0.2) is 0 Å². The first-order chi connectivity index (χ1) is 3.29. The normalized spacial score (nSPS) is 23.8. The average Bonchev–Trinajstić information content (AvgIpc) is 2.17. The van der Waals surface area contributed by atoms with Gasteiger partial charge in [-0.15, -0.1) is 0 Å². The summed E-state index contributed by atoms with van der Waals surface area (Å²) in [5, 5.41) is 9.66. The molecule has 4 heteroatoms. The second kappa shape index (κ2) is 3.97. The fraction of sp³-hybridized carbons (Fsp3) is 0.750. The van der Waals surface area contributed by atoms with Gasteiger partial charge in [-0.05, 0) is 0 Å². The van der Waals surface area contributed by atoms with Crippen molar-refractivity contribution in [2.45, 2.75) is 12.5 Å². The summed E-state index contributed by atoms with van der Waals surface area (Å²) in [5.41, 5.74) is 0. The molecule has 0 amide bonds. The maximum absolute atomic E-state index is 9.66. The van der Waals surface area contributed by atoms with Crippen molar-refractivity contribution in [3.05, 3.63) is 0 Å². The first-order valence-electron chi connectivity index (χ1n) is 2.10. The molecule has 3 nitrogen and oxygen atoms in total. The third kappa shape index (κ3) is 4.00. The van der Waals surface area contributed by atoms with Crippen molar-refractivity contribution in [1.29, 1.82) is 0 Å². The molecule has 0 aliphatic carbocycles. The summed E-state index contributed by atoms with van der Waals surface area (Å²) in [4.78, 5) is 9.66. The Morgan fingerprint density at radius 1 is 1.88 bits per heavy atom. The Kier molecular flexibility index (Phi) is 4.50. The maximum Gasteiger partial charge on any atom is 1.00 e. The Morgan fingerprint density at radius 2 is 2.38 bits per heavy atom. The molecule has 0 saturated carbocycles. The van der Waals surface area contributed by atoms with Crippen LogP contribution in [0.2, 0.25) is 0 Å². The molecule has 0 N–H and O–H groups in total. The molecular weight excluding hydrogens is 135 g/mol. The molecule has 8 heavy (non-hydrogen) atoms.